The summed E-state index contributed by atoms with van der Waals surface area (Å²) < 4.78 is 2.08. The molecule has 0 aliphatic rings. The monoisotopic (exact) mass is 254 g/mol. The molecule has 0 spiro atoms. The molecule has 0 aliphatic heterocycles. The van der Waals surface area contributed by atoms with E-state index in [0.717, 1.165) is 16.9 Å². The maximum Gasteiger partial charge on any atom is 0.137 e. The molecular formula is C15H14N2S. The number of hydrogen-bond acceptors (Lipinski definition) is 2. The molecule has 2 heterocycles. The third-order valence-corrected chi connectivity index (χ3v) is 3.73. The van der Waals surface area contributed by atoms with Crippen LogP contribution in [0.3, 0.4) is 0 Å². The van der Waals surface area contributed by atoms with E-state index < -0.39 is 0 Å². The van der Waals surface area contributed by atoms with Crippen molar-refractivity contribution < 1.29 is 0 Å². The van der Waals surface area contributed by atoms with Crippen LogP contribution < -0.4 is 0 Å². The number of rotatable bonds is 2. The van der Waals surface area contributed by atoms with Crippen molar-refractivity contribution in [2.75, 3.05) is 6.26 Å². The highest BCUT2D eigenvalue weighted by molar-refractivity contribution is 7.98. The van der Waals surface area contributed by atoms with Gasteiger partial charge in [-0.05, 0) is 36.9 Å². The highest BCUT2D eigenvalue weighted by Gasteiger charge is 2.04. The predicted molar refractivity (Wildman–Crippen MR) is 77.1 cm³/mol. The number of imidazole rings is 1. The molecule has 0 fully saturated rings. The first kappa shape index (κ1) is 11.4. The molecule has 1 aromatic carbocycles. The molecule has 0 unspecified atom stereocenters. The molecule has 0 amide bonds. The summed E-state index contributed by atoms with van der Waals surface area (Å²) >= 11 is 1.75. The van der Waals surface area contributed by atoms with Gasteiger partial charge in [0.2, 0.25) is 0 Å². The van der Waals surface area contributed by atoms with E-state index in [1.54, 1.807) is 11.8 Å². The minimum absolute atomic E-state index is 0.990. The molecule has 90 valence electrons. The van der Waals surface area contributed by atoms with Gasteiger partial charge in [-0.1, -0.05) is 18.2 Å². The maximum absolute atomic E-state index is 4.64. The van der Waals surface area contributed by atoms with Crippen LogP contribution in [0.2, 0.25) is 0 Å². The van der Waals surface area contributed by atoms with Crippen molar-refractivity contribution in [2.45, 2.75) is 11.8 Å². The Morgan fingerprint density at radius 1 is 1.00 bits per heavy atom. The average Bonchev–Trinajstić information content (AvgIpc) is 2.81. The van der Waals surface area contributed by atoms with Gasteiger partial charge in [-0.3, -0.25) is 0 Å². The Bertz CT molecular complexity index is 683. The van der Waals surface area contributed by atoms with Crippen molar-refractivity contribution in [1.82, 2.24) is 9.38 Å². The van der Waals surface area contributed by atoms with Crippen LogP contribution in [0, 0.1) is 6.92 Å². The first-order valence-corrected chi connectivity index (χ1v) is 7.08. The van der Waals surface area contributed by atoms with Crippen LogP contribution in [0.15, 0.2) is 53.7 Å². The normalized spacial score (nSPS) is 11.0. The van der Waals surface area contributed by atoms with E-state index in [4.69, 9.17) is 0 Å². The molecule has 3 rings (SSSR count). The van der Waals surface area contributed by atoms with E-state index in [0.29, 0.717) is 0 Å². The SMILES string of the molecule is CSc1ccc(-c2cn3cc(C)ccc3n2)cc1. The van der Waals surface area contributed by atoms with Gasteiger partial charge in [-0.25, -0.2) is 4.98 Å². The third-order valence-electron chi connectivity index (χ3n) is 2.98. The Morgan fingerprint density at radius 3 is 2.50 bits per heavy atom. The third kappa shape index (κ3) is 2.02. The van der Waals surface area contributed by atoms with Gasteiger partial charge in [-0.15, -0.1) is 11.8 Å². The van der Waals surface area contributed by atoms with Crippen LogP contribution in [0.25, 0.3) is 16.9 Å². The maximum atomic E-state index is 4.64. The summed E-state index contributed by atoms with van der Waals surface area (Å²) in [4.78, 5) is 5.91. The lowest BCUT2D eigenvalue weighted by Gasteiger charge is -1.98. The zero-order valence-electron chi connectivity index (χ0n) is 10.4. The number of aromatic nitrogens is 2. The lowest BCUT2D eigenvalue weighted by molar-refractivity contribution is 1.16. The van der Waals surface area contributed by atoms with Gasteiger partial charge in [0.15, 0.2) is 0 Å². The lowest BCUT2D eigenvalue weighted by atomic mass is 10.2. The second kappa shape index (κ2) is 4.50. The molecule has 3 heteroatoms. The van der Waals surface area contributed by atoms with Crippen LogP contribution in [-0.4, -0.2) is 15.6 Å². The van der Waals surface area contributed by atoms with Crippen LogP contribution in [0.4, 0.5) is 0 Å². The first-order chi connectivity index (χ1) is 8.76. The fraction of sp³-hybridized carbons (Fsp3) is 0.133. The smallest absolute Gasteiger partial charge is 0.137 e. The second-order valence-corrected chi connectivity index (χ2v) is 5.21. The Balaban J connectivity index is 2.07. The number of nitrogens with zero attached hydrogens (tertiary/aromatic N) is 2. The van der Waals surface area contributed by atoms with Crippen molar-refractivity contribution in [3.63, 3.8) is 0 Å². The second-order valence-electron chi connectivity index (χ2n) is 4.33. The topological polar surface area (TPSA) is 17.3 Å². The van der Waals surface area contributed by atoms with Crippen LogP contribution >= 0.6 is 11.8 Å². The van der Waals surface area contributed by atoms with Crippen molar-refractivity contribution in [2.24, 2.45) is 0 Å². The van der Waals surface area contributed by atoms with E-state index in [-0.39, 0.29) is 0 Å². The van der Waals surface area contributed by atoms with E-state index in [2.05, 4.69) is 71.4 Å². The number of thioether (sulfide) groups is 1. The minimum atomic E-state index is 0.990. The first-order valence-electron chi connectivity index (χ1n) is 5.86. The van der Waals surface area contributed by atoms with Crippen molar-refractivity contribution in [3.05, 3.63) is 54.4 Å². The van der Waals surface area contributed by atoms with Crippen LogP contribution in [0.1, 0.15) is 5.56 Å². The van der Waals surface area contributed by atoms with E-state index in [1.807, 2.05) is 0 Å². The van der Waals surface area contributed by atoms with Gasteiger partial charge < -0.3 is 4.40 Å². The van der Waals surface area contributed by atoms with Gasteiger partial charge in [-0.2, -0.15) is 0 Å². The van der Waals surface area contributed by atoms with E-state index in [9.17, 15) is 0 Å². The number of fused-ring (bicyclic) bond motifs is 1. The molecule has 18 heavy (non-hydrogen) atoms. The summed E-state index contributed by atoms with van der Waals surface area (Å²) in [6.07, 6.45) is 6.27. The van der Waals surface area contributed by atoms with Crippen LogP contribution in [0.5, 0.6) is 0 Å². The molecular weight excluding hydrogens is 240 g/mol. The zero-order valence-corrected chi connectivity index (χ0v) is 11.2. The summed E-state index contributed by atoms with van der Waals surface area (Å²) in [6.45, 7) is 2.09. The average molecular weight is 254 g/mol. The summed E-state index contributed by atoms with van der Waals surface area (Å²) in [5.41, 5.74) is 4.41. The summed E-state index contributed by atoms with van der Waals surface area (Å²) in [5, 5.41) is 0. The Hall–Kier alpha value is -1.74. The molecule has 0 radical (unpaired) electrons. The molecule has 0 bridgehead atoms. The molecule has 2 aromatic heterocycles. The van der Waals surface area contributed by atoms with Gasteiger partial charge in [0.05, 0.1) is 5.69 Å². The molecule has 0 saturated heterocycles. The van der Waals surface area contributed by atoms with Gasteiger partial charge >= 0.3 is 0 Å². The molecule has 2 nitrogen and oxygen atoms in total. The fourth-order valence-electron chi connectivity index (χ4n) is 2.00. The standard InChI is InChI=1S/C15H14N2S/c1-11-3-8-15-16-14(10-17(15)9-11)12-4-6-13(18-2)7-5-12/h3-10H,1-2H3. The molecule has 0 N–H and O–H groups in total. The largest absolute Gasteiger partial charge is 0.306 e. The Kier molecular flexibility index (Phi) is 2.84. The lowest BCUT2D eigenvalue weighted by Crippen LogP contribution is -1.82. The van der Waals surface area contributed by atoms with E-state index >= 15 is 0 Å². The zero-order chi connectivity index (χ0) is 12.5. The molecule has 0 atom stereocenters. The number of hydrogen-bond donors (Lipinski definition) is 0. The Labute approximate surface area is 111 Å². The highest BCUT2D eigenvalue weighted by Crippen LogP contribution is 2.22. The quantitative estimate of drug-likeness (QED) is 0.642. The van der Waals surface area contributed by atoms with Crippen molar-refractivity contribution >= 4 is 17.4 Å². The van der Waals surface area contributed by atoms with Gasteiger partial charge in [0, 0.05) is 22.9 Å². The highest BCUT2D eigenvalue weighted by atomic mass is 32.2. The van der Waals surface area contributed by atoms with Gasteiger partial charge in [0.25, 0.3) is 0 Å². The summed E-state index contributed by atoms with van der Waals surface area (Å²) in [7, 11) is 0. The Morgan fingerprint density at radius 2 is 1.78 bits per heavy atom. The van der Waals surface area contributed by atoms with E-state index in [1.165, 1.54) is 10.5 Å². The summed E-state index contributed by atoms with van der Waals surface area (Å²) in [6, 6.07) is 12.7. The number of pyridine rings is 1. The number of aryl methyl sites for hydroxylation is 1. The molecule has 3 aromatic rings. The predicted octanol–water partition coefficient (Wildman–Crippen LogP) is 4.03. The van der Waals surface area contributed by atoms with Gasteiger partial charge in [0.1, 0.15) is 5.65 Å². The minimum Gasteiger partial charge on any atom is -0.306 e. The molecule has 0 aliphatic carbocycles. The number of benzene rings is 1. The van der Waals surface area contributed by atoms with Crippen LogP contribution in [-0.2, 0) is 0 Å². The van der Waals surface area contributed by atoms with Crippen molar-refractivity contribution in [1.29, 1.82) is 0 Å². The molecule has 0 saturated carbocycles. The van der Waals surface area contributed by atoms with Crippen molar-refractivity contribution in [3.8, 4) is 11.3 Å². The fourth-order valence-corrected chi connectivity index (χ4v) is 2.41. The summed E-state index contributed by atoms with van der Waals surface area (Å²) in [5.74, 6) is 0.